The van der Waals surface area contributed by atoms with Gasteiger partial charge in [-0.15, -0.1) is 0 Å². The van der Waals surface area contributed by atoms with Crippen molar-refractivity contribution in [3.63, 3.8) is 0 Å². The summed E-state index contributed by atoms with van der Waals surface area (Å²) in [7, 11) is 0. The highest BCUT2D eigenvalue weighted by Gasteiger charge is 2.52. The van der Waals surface area contributed by atoms with E-state index in [2.05, 4.69) is 10.7 Å². The van der Waals surface area contributed by atoms with Gasteiger partial charge in [0, 0.05) is 0 Å². The van der Waals surface area contributed by atoms with Gasteiger partial charge in [0.1, 0.15) is 5.54 Å². The zero-order valence-corrected chi connectivity index (χ0v) is 13.9. The van der Waals surface area contributed by atoms with E-state index in [1.807, 2.05) is 0 Å². The van der Waals surface area contributed by atoms with Gasteiger partial charge in [0.2, 0.25) is 5.91 Å². The summed E-state index contributed by atoms with van der Waals surface area (Å²) >= 11 is 0. The van der Waals surface area contributed by atoms with Crippen LogP contribution in [-0.4, -0.2) is 28.4 Å². The molecule has 26 heavy (non-hydrogen) atoms. The van der Waals surface area contributed by atoms with Gasteiger partial charge < -0.3 is 5.32 Å². The van der Waals surface area contributed by atoms with Gasteiger partial charge >= 0.3 is 12.2 Å². The Hall–Kier alpha value is -2.58. The minimum absolute atomic E-state index is 0.248. The van der Waals surface area contributed by atoms with Crippen molar-refractivity contribution in [2.75, 3.05) is 0 Å². The van der Waals surface area contributed by atoms with Crippen LogP contribution in [0, 0.1) is 0 Å². The van der Waals surface area contributed by atoms with Crippen LogP contribution in [-0.2, 0) is 22.2 Å². The molecule has 4 amide bonds. The number of hydrogen-bond donors (Lipinski definition) is 2. The molecule has 1 aromatic carbocycles. The second kappa shape index (κ2) is 6.62. The van der Waals surface area contributed by atoms with Gasteiger partial charge in [0.25, 0.3) is 5.91 Å². The molecule has 1 spiro atoms. The Morgan fingerprint density at radius 1 is 1.12 bits per heavy atom. The molecule has 6 nitrogen and oxygen atoms in total. The average molecular weight is 369 g/mol. The predicted octanol–water partition coefficient (Wildman–Crippen LogP) is 2.53. The van der Waals surface area contributed by atoms with Crippen molar-refractivity contribution in [2.24, 2.45) is 0 Å². The Morgan fingerprint density at radius 3 is 2.31 bits per heavy atom. The number of carbonyl (C=O) groups is 3. The second-order valence-electron chi connectivity index (χ2n) is 6.62. The van der Waals surface area contributed by atoms with Gasteiger partial charge in [-0.1, -0.05) is 31.4 Å². The molecular formula is C17H18F3N3O3. The molecule has 1 heterocycles. The third kappa shape index (κ3) is 3.51. The second-order valence-corrected chi connectivity index (χ2v) is 6.62. The van der Waals surface area contributed by atoms with Crippen LogP contribution in [0.2, 0.25) is 0 Å². The Bertz CT molecular complexity index is 725. The van der Waals surface area contributed by atoms with Crippen molar-refractivity contribution >= 4 is 17.8 Å². The molecule has 3 rings (SSSR count). The van der Waals surface area contributed by atoms with E-state index < -0.39 is 35.1 Å². The molecular weight excluding hydrogens is 351 g/mol. The van der Waals surface area contributed by atoms with E-state index in [1.165, 1.54) is 12.1 Å². The quantitative estimate of drug-likeness (QED) is 0.804. The molecule has 1 aliphatic heterocycles. The number of imide groups is 1. The van der Waals surface area contributed by atoms with Crippen LogP contribution in [0.1, 0.15) is 43.2 Å². The van der Waals surface area contributed by atoms with Crippen LogP contribution < -0.4 is 10.7 Å². The van der Waals surface area contributed by atoms with Gasteiger partial charge in [-0.25, -0.2) is 4.79 Å². The Balaban J connectivity index is 1.63. The summed E-state index contributed by atoms with van der Waals surface area (Å²) in [6.07, 6.45) is -1.01. The molecule has 2 N–H and O–H groups in total. The molecule has 0 bridgehead atoms. The monoisotopic (exact) mass is 369 g/mol. The number of urea groups is 1. The fourth-order valence-corrected chi connectivity index (χ4v) is 3.38. The maximum atomic E-state index is 12.5. The number of nitrogens with one attached hydrogen (secondary N) is 2. The topological polar surface area (TPSA) is 78.5 Å². The highest BCUT2D eigenvalue weighted by Crippen LogP contribution is 2.33. The first kappa shape index (κ1) is 18.2. The maximum absolute atomic E-state index is 12.5. The minimum Gasteiger partial charge on any atom is -0.322 e. The van der Waals surface area contributed by atoms with E-state index >= 15 is 0 Å². The number of amides is 4. The maximum Gasteiger partial charge on any atom is 0.416 e. The average Bonchev–Trinajstić information content (AvgIpc) is 2.79. The van der Waals surface area contributed by atoms with Crippen LogP contribution in [0.3, 0.4) is 0 Å². The number of benzene rings is 1. The lowest BCUT2D eigenvalue weighted by Crippen LogP contribution is -2.51. The number of hydrogen-bond acceptors (Lipinski definition) is 3. The first-order valence-electron chi connectivity index (χ1n) is 8.34. The lowest BCUT2D eigenvalue weighted by atomic mass is 9.82. The van der Waals surface area contributed by atoms with Crippen LogP contribution in [0.4, 0.5) is 18.0 Å². The van der Waals surface area contributed by atoms with E-state index in [4.69, 9.17) is 0 Å². The summed E-state index contributed by atoms with van der Waals surface area (Å²) in [4.78, 5) is 36.7. The van der Waals surface area contributed by atoms with Gasteiger partial charge in [-0.05, 0) is 30.5 Å². The SMILES string of the molecule is O=C(Cc1ccc(C(F)(F)F)cc1)NN1C(=O)NC2(CCCCC2)C1=O. The number of nitrogens with zero attached hydrogens (tertiary/aromatic N) is 1. The summed E-state index contributed by atoms with van der Waals surface area (Å²) in [6, 6.07) is 3.46. The Kier molecular flexibility index (Phi) is 4.64. The lowest BCUT2D eigenvalue weighted by Gasteiger charge is -2.30. The van der Waals surface area contributed by atoms with Crippen LogP contribution >= 0.6 is 0 Å². The number of halogens is 3. The van der Waals surface area contributed by atoms with Crippen molar-refractivity contribution < 1.29 is 27.6 Å². The number of rotatable bonds is 3. The molecule has 2 fully saturated rings. The molecule has 1 saturated heterocycles. The summed E-state index contributed by atoms with van der Waals surface area (Å²) in [5, 5.41) is 3.34. The van der Waals surface area contributed by atoms with Crippen molar-refractivity contribution in [2.45, 2.75) is 50.2 Å². The van der Waals surface area contributed by atoms with E-state index in [9.17, 15) is 27.6 Å². The first-order chi connectivity index (χ1) is 12.2. The third-order valence-corrected chi connectivity index (χ3v) is 4.75. The number of hydrazine groups is 1. The van der Waals surface area contributed by atoms with E-state index in [1.54, 1.807) is 0 Å². The standard InChI is InChI=1S/C17H18F3N3O3/c18-17(19,20)12-6-4-11(5-7-12)10-13(24)22-23-14(25)16(21-15(23)26)8-2-1-3-9-16/h4-7H,1-3,8-10H2,(H,21,26)(H,22,24). The largest absolute Gasteiger partial charge is 0.416 e. The third-order valence-electron chi connectivity index (χ3n) is 4.75. The summed E-state index contributed by atoms with van der Waals surface area (Å²) < 4.78 is 37.6. The van der Waals surface area contributed by atoms with Gasteiger partial charge in [0.15, 0.2) is 0 Å². The highest BCUT2D eigenvalue weighted by atomic mass is 19.4. The molecule has 0 radical (unpaired) electrons. The van der Waals surface area contributed by atoms with Crippen LogP contribution in [0.5, 0.6) is 0 Å². The first-order valence-corrected chi connectivity index (χ1v) is 8.34. The Labute approximate surface area is 147 Å². The van der Waals surface area contributed by atoms with Crippen molar-refractivity contribution in [1.29, 1.82) is 0 Å². The van der Waals surface area contributed by atoms with Crippen LogP contribution in [0.15, 0.2) is 24.3 Å². The number of alkyl halides is 3. The fourth-order valence-electron chi connectivity index (χ4n) is 3.38. The van der Waals surface area contributed by atoms with Gasteiger partial charge in [-0.2, -0.15) is 18.2 Å². The Morgan fingerprint density at radius 2 is 1.73 bits per heavy atom. The normalized spacial score (nSPS) is 19.6. The van der Waals surface area contributed by atoms with Crippen molar-refractivity contribution in [1.82, 2.24) is 15.8 Å². The molecule has 2 aliphatic rings. The van der Waals surface area contributed by atoms with E-state index in [-0.39, 0.29) is 6.42 Å². The predicted molar refractivity (Wildman–Crippen MR) is 84.5 cm³/mol. The lowest BCUT2D eigenvalue weighted by molar-refractivity contribution is -0.139. The molecule has 9 heteroatoms. The van der Waals surface area contributed by atoms with Crippen molar-refractivity contribution in [3.05, 3.63) is 35.4 Å². The zero-order chi connectivity index (χ0) is 18.9. The molecule has 140 valence electrons. The highest BCUT2D eigenvalue weighted by molar-refractivity contribution is 6.08. The van der Waals surface area contributed by atoms with Gasteiger partial charge in [-0.3, -0.25) is 15.0 Å². The van der Waals surface area contributed by atoms with E-state index in [0.717, 1.165) is 31.4 Å². The van der Waals surface area contributed by atoms with Gasteiger partial charge in [0.05, 0.1) is 12.0 Å². The molecule has 1 saturated carbocycles. The summed E-state index contributed by atoms with van der Waals surface area (Å²) in [5.74, 6) is -1.14. The minimum atomic E-state index is -4.45. The van der Waals surface area contributed by atoms with Crippen LogP contribution in [0.25, 0.3) is 0 Å². The molecule has 1 aromatic rings. The number of carbonyl (C=O) groups excluding carboxylic acids is 3. The molecule has 0 unspecified atom stereocenters. The summed E-state index contributed by atoms with van der Waals surface area (Å²) in [6.45, 7) is 0. The molecule has 1 aliphatic carbocycles. The zero-order valence-electron chi connectivity index (χ0n) is 13.9. The summed E-state index contributed by atoms with van der Waals surface area (Å²) in [5.41, 5.74) is 0.839. The van der Waals surface area contributed by atoms with E-state index in [0.29, 0.717) is 23.4 Å². The van der Waals surface area contributed by atoms with Crippen molar-refractivity contribution in [3.8, 4) is 0 Å². The smallest absolute Gasteiger partial charge is 0.322 e. The molecule has 0 atom stereocenters. The molecule has 0 aromatic heterocycles. The fraction of sp³-hybridized carbons (Fsp3) is 0.471.